The van der Waals surface area contributed by atoms with Crippen molar-refractivity contribution in [2.45, 2.75) is 16.3 Å². The number of hydrogen-bond donors (Lipinski definition) is 0. The highest BCUT2D eigenvalue weighted by Gasteiger charge is 2.17. The Balaban J connectivity index is 1.84. The van der Waals surface area contributed by atoms with Gasteiger partial charge in [-0.3, -0.25) is 4.79 Å². The molecule has 0 aromatic heterocycles. The van der Waals surface area contributed by atoms with Gasteiger partial charge in [-0.15, -0.1) is 0 Å². The summed E-state index contributed by atoms with van der Waals surface area (Å²) in [4.78, 5) is 16.4. The lowest BCUT2D eigenvalue weighted by Gasteiger charge is -2.19. The molecule has 0 unspecified atom stereocenters. The molecule has 0 atom stereocenters. The fourth-order valence-corrected chi connectivity index (χ4v) is 3.65. The van der Waals surface area contributed by atoms with Gasteiger partial charge < -0.3 is 4.90 Å². The molecule has 0 aliphatic heterocycles. The summed E-state index contributed by atoms with van der Waals surface area (Å²) >= 11 is 1.45. The molecule has 0 heterocycles. The molecule has 3 aromatic rings. The first kappa shape index (κ1) is 17.8. The van der Waals surface area contributed by atoms with E-state index in [0.717, 1.165) is 15.4 Å². The molecule has 1 amide bonds. The third-order valence-corrected chi connectivity index (χ3v) is 5.11. The van der Waals surface area contributed by atoms with Gasteiger partial charge in [-0.1, -0.05) is 66.4 Å². The fourth-order valence-electron chi connectivity index (χ4n) is 2.63. The number of carbonyl (C=O) groups is 1. The average molecular weight is 358 g/mol. The van der Waals surface area contributed by atoms with Gasteiger partial charge in [-0.25, -0.2) is 0 Å². The van der Waals surface area contributed by atoms with E-state index in [2.05, 4.69) is 6.07 Å². The van der Waals surface area contributed by atoms with Crippen molar-refractivity contribution in [3.05, 3.63) is 95.6 Å². The standard InChI is InChI=1S/C22H18N2OS/c1-24(16-17-9-3-2-4-10-17)22(25)19-12-6-8-14-21(19)26-20-13-7-5-11-18(20)15-23/h2-14H,16H2,1H3. The van der Waals surface area contributed by atoms with E-state index in [1.807, 2.05) is 72.8 Å². The number of amides is 1. The molecular weight excluding hydrogens is 340 g/mol. The predicted octanol–water partition coefficient (Wildman–Crippen LogP) is 4.98. The summed E-state index contributed by atoms with van der Waals surface area (Å²) in [5.41, 5.74) is 2.34. The van der Waals surface area contributed by atoms with Gasteiger partial charge in [0.2, 0.25) is 0 Å². The topological polar surface area (TPSA) is 44.1 Å². The summed E-state index contributed by atoms with van der Waals surface area (Å²) in [6.07, 6.45) is 0. The van der Waals surface area contributed by atoms with Crippen LogP contribution >= 0.6 is 11.8 Å². The van der Waals surface area contributed by atoms with Crippen molar-refractivity contribution in [2.75, 3.05) is 7.05 Å². The highest BCUT2D eigenvalue weighted by atomic mass is 32.2. The molecule has 3 aromatic carbocycles. The first-order valence-corrected chi connectivity index (χ1v) is 9.06. The zero-order valence-corrected chi connectivity index (χ0v) is 15.2. The third kappa shape index (κ3) is 4.14. The van der Waals surface area contributed by atoms with E-state index in [1.54, 1.807) is 18.0 Å². The predicted molar refractivity (Wildman–Crippen MR) is 104 cm³/mol. The highest BCUT2D eigenvalue weighted by molar-refractivity contribution is 7.99. The molecule has 0 N–H and O–H groups in total. The van der Waals surface area contributed by atoms with Crippen molar-refractivity contribution >= 4 is 17.7 Å². The van der Waals surface area contributed by atoms with E-state index in [4.69, 9.17) is 0 Å². The van der Waals surface area contributed by atoms with Crippen LogP contribution in [0.15, 0.2) is 88.7 Å². The van der Waals surface area contributed by atoms with Gasteiger partial charge in [0, 0.05) is 23.4 Å². The monoisotopic (exact) mass is 358 g/mol. The summed E-state index contributed by atoms with van der Waals surface area (Å²) < 4.78 is 0. The number of carbonyl (C=O) groups excluding carboxylic acids is 1. The molecule has 3 nitrogen and oxygen atoms in total. The van der Waals surface area contributed by atoms with Crippen LogP contribution in [0, 0.1) is 11.3 Å². The minimum atomic E-state index is -0.0357. The minimum Gasteiger partial charge on any atom is -0.337 e. The van der Waals surface area contributed by atoms with E-state index >= 15 is 0 Å². The third-order valence-electron chi connectivity index (χ3n) is 3.95. The second-order valence-electron chi connectivity index (χ2n) is 5.85. The second-order valence-corrected chi connectivity index (χ2v) is 6.94. The lowest BCUT2D eigenvalue weighted by Crippen LogP contribution is -2.26. The molecular formula is C22H18N2OS. The molecule has 0 radical (unpaired) electrons. The number of benzene rings is 3. The Bertz CT molecular complexity index is 948. The van der Waals surface area contributed by atoms with Crippen LogP contribution < -0.4 is 0 Å². The van der Waals surface area contributed by atoms with Gasteiger partial charge in [0.15, 0.2) is 0 Å². The zero-order chi connectivity index (χ0) is 18.4. The van der Waals surface area contributed by atoms with E-state index in [0.29, 0.717) is 17.7 Å². The van der Waals surface area contributed by atoms with Crippen molar-refractivity contribution in [1.82, 2.24) is 4.90 Å². The van der Waals surface area contributed by atoms with Gasteiger partial charge in [0.1, 0.15) is 6.07 Å². The number of nitrogens with zero attached hydrogens (tertiary/aromatic N) is 2. The number of hydrogen-bond acceptors (Lipinski definition) is 3. The SMILES string of the molecule is CN(Cc1ccccc1)C(=O)c1ccccc1Sc1ccccc1C#N. The van der Waals surface area contributed by atoms with Crippen molar-refractivity contribution in [1.29, 1.82) is 5.26 Å². The van der Waals surface area contributed by atoms with Crippen LogP contribution in [0.2, 0.25) is 0 Å². The minimum absolute atomic E-state index is 0.0357. The Kier molecular flexibility index (Phi) is 5.73. The van der Waals surface area contributed by atoms with Crippen LogP contribution in [0.5, 0.6) is 0 Å². The molecule has 0 aliphatic carbocycles. The first-order chi connectivity index (χ1) is 12.7. The van der Waals surface area contributed by atoms with Crippen LogP contribution in [-0.4, -0.2) is 17.9 Å². The molecule has 26 heavy (non-hydrogen) atoms. The Labute approximate surface area is 157 Å². The second kappa shape index (κ2) is 8.37. The Morgan fingerprint density at radius 3 is 2.27 bits per heavy atom. The molecule has 0 fully saturated rings. The van der Waals surface area contributed by atoms with Gasteiger partial charge in [0.05, 0.1) is 11.1 Å². The molecule has 3 rings (SSSR count). The van der Waals surface area contributed by atoms with Gasteiger partial charge in [-0.2, -0.15) is 5.26 Å². The van der Waals surface area contributed by atoms with E-state index in [1.165, 1.54) is 11.8 Å². The van der Waals surface area contributed by atoms with Gasteiger partial charge in [0.25, 0.3) is 5.91 Å². The summed E-state index contributed by atoms with van der Waals surface area (Å²) in [5, 5.41) is 9.29. The zero-order valence-electron chi connectivity index (χ0n) is 14.4. The average Bonchev–Trinajstić information content (AvgIpc) is 2.69. The molecule has 0 spiro atoms. The van der Waals surface area contributed by atoms with E-state index in [-0.39, 0.29) is 5.91 Å². The lowest BCUT2D eigenvalue weighted by molar-refractivity contribution is 0.0781. The first-order valence-electron chi connectivity index (χ1n) is 8.24. The maximum Gasteiger partial charge on any atom is 0.255 e. The maximum absolute atomic E-state index is 13.0. The van der Waals surface area contributed by atoms with Crippen molar-refractivity contribution in [2.24, 2.45) is 0 Å². The smallest absolute Gasteiger partial charge is 0.255 e. The molecule has 0 bridgehead atoms. The highest BCUT2D eigenvalue weighted by Crippen LogP contribution is 2.33. The van der Waals surface area contributed by atoms with Crippen LogP contribution in [0.25, 0.3) is 0 Å². The molecule has 0 saturated heterocycles. The van der Waals surface area contributed by atoms with Crippen molar-refractivity contribution in [3.8, 4) is 6.07 Å². The summed E-state index contributed by atoms with van der Waals surface area (Å²) in [7, 11) is 1.81. The summed E-state index contributed by atoms with van der Waals surface area (Å²) in [6, 6.07) is 27.1. The van der Waals surface area contributed by atoms with Crippen molar-refractivity contribution < 1.29 is 4.79 Å². The van der Waals surface area contributed by atoms with Crippen LogP contribution in [0.3, 0.4) is 0 Å². The van der Waals surface area contributed by atoms with Gasteiger partial charge >= 0.3 is 0 Å². The molecule has 128 valence electrons. The van der Waals surface area contributed by atoms with Crippen molar-refractivity contribution in [3.63, 3.8) is 0 Å². The number of nitriles is 1. The normalized spacial score (nSPS) is 10.2. The summed E-state index contributed by atoms with van der Waals surface area (Å²) in [5.74, 6) is -0.0357. The lowest BCUT2D eigenvalue weighted by atomic mass is 10.1. The summed E-state index contributed by atoms with van der Waals surface area (Å²) in [6.45, 7) is 0.549. The molecule has 0 saturated carbocycles. The van der Waals surface area contributed by atoms with E-state index < -0.39 is 0 Å². The van der Waals surface area contributed by atoms with Crippen LogP contribution in [0.1, 0.15) is 21.5 Å². The fraction of sp³-hybridized carbons (Fsp3) is 0.0909. The number of rotatable bonds is 5. The van der Waals surface area contributed by atoms with Crippen LogP contribution in [0.4, 0.5) is 0 Å². The molecule has 0 aliphatic rings. The van der Waals surface area contributed by atoms with Gasteiger partial charge in [-0.05, 0) is 29.8 Å². The molecule has 4 heteroatoms. The van der Waals surface area contributed by atoms with E-state index in [9.17, 15) is 10.1 Å². The quantitative estimate of drug-likeness (QED) is 0.646. The Morgan fingerprint density at radius 1 is 0.923 bits per heavy atom. The maximum atomic E-state index is 13.0. The largest absolute Gasteiger partial charge is 0.337 e. The Morgan fingerprint density at radius 2 is 1.54 bits per heavy atom. The van der Waals surface area contributed by atoms with Crippen LogP contribution in [-0.2, 0) is 6.54 Å². The Hall–Kier alpha value is -3.03.